The molecule has 0 aliphatic heterocycles. The van der Waals surface area contributed by atoms with Crippen LogP contribution in [0.2, 0.25) is 0 Å². The number of rotatable bonds is 5. The fourth-order valence-corrected chi connectivity index (χ4v) is 1.79. The Morgan fingerprint density at radius 2 is 1.94 bits per heavy atom. The number of ether oxygens (including phenoxy) is 1. The van der Waals surface area contributed by atoms with Gasteiger partial charge in [-0.05, 0) is 29.4 Å². The predicted octanol–water partition coefficient (Wildman–Crippen LogP) is 2.02. The van der Waals surface area contributed by atoms with Gasteiger partial charge in [0.2, 0.25) is 0 Å². The molecule has 4 nitrogen and oxygen atoms in total. The van der Waals surface area contributed by atoms with Crippen molar-refractivity contribution in [3.8, 4) is 5.75 Å². The second kappa shape index (κ2) is 5.51. The smallest absolute Gasteiger partial charge is 0.344 e. The molecule has 3 N–H and O–H groups in total. The molecule has 0 spiro atoms. The first-order valence-corrected chi connectivity index (χ1v) is 5.79. The second-order valence-electron chi connectivity index (χ2n) is 4.03. The summed E-state index contributed by atoms with van der Waals surface area (Å²) in [6.45, 7) is 0.282. The lowest BCUT2D eigenvalue weighted by Crippen LogP contribution is -2.29. The van der Waals surface area contributed by atoms with Gasteiger partial charge in [-0.3, -0.25) is 0 Å². The third-order valence-corrected chi connectivity index (χ3v) is 2.70. The first-order chi connectivity index (χ1) is 8.70. The molecule has 0 aliphatic carbocycles. The Morgan fingerprint density at radius 3 is 2.61 bits per heavy atom. The van der Waals surface area contributed by atoms with Crippen LogP contribution in [0, 0.1) is 0 Å². The minimum absolute atomic E-state index is 0.282. The van der Waals surface area contributed by atoms with Gasteiger partial charge in [0.05, 0.1) is 0 Å². The van der Waals surface area contributed by atoms with Gasteiger partial charge in [-0.15, -0.1) is 0 Å². The standard InChI is InChI=1S/C14H15NO3/c15-8-7-13(14(16)17)18-12-6-5-10-3-1-2-4-11(10)9-12/h1-6,9,13H,7-8,15H2,(H,16,17). The van der Waals surface area contributed by atoms with Gasteiger partial charge in [-0.1, -0.05) is 30.3 Å². The van der Waals surface area contributed by atoms with Gasteiger partial charge in [0.1, 0.15) is 5.75 Å². The van der Waals surface area contributed by atoms with Crippen LogP contribution in [0.4, 0.5) is 0 Å². The number of benzene rings is 2. The first-order valence-electron chi connectivity index (χ1n) is 5.79. The maximum absolute atomic E-state index is 11.0. The van der Waals surface area contributed by atoms with E-state index in [4.69, 9.17) is 15.6 Å². The van der Waals surface area contributed by atoms with Crippen molar-refractivity contribution < 1.29 is 14.6 Å². The van der Waals surface area contributed by atoms with Crippen LogP contribution < -0.4 is 10.5 Å². The molecule has 4 heteroatoms. The van der Waals surface area contributed by atoms with Crippen molar-refractivity contribution in [2.45, 2.75) is 12.5 Å². The molecule has 0 aromatic heterocycles. The summed E-state index contributed by atoms with van der Waals surface area (Å²) in [5, 5.41) is 11.1. The van der Waals surface area contributed by atoms with E-state index in [-0.39, 0.29) is 6.54 Å². The molecular formula is C14H15NO3. The molecule has 0 radical (unpaired) electrons. The number of fused-ring (bicyclic) bond motifs is 1. The number of carbonyl (C=O) groups is 1. The zero-order chi connectivity index (χ0) is 13.0. The Hall–Kier alpha value is -2.07. The summed E-state index contributed by atoms with van der Waals surface area (Å²) in [4.78, 5) is 11.0. The topological polar surface area (TPSA) is 72.5 Å². The maximum atomic E-state index is 11.0. The average molecular weight is 245 g/mol. The van der Waals surface area contributed by atoms with Gasteiger partial charge in [-0.25, -0.2) is 4.79 Å². The second-order valence-corrected chi connectivity index (χ2v) is 4.03. The van der Waals surface area contributed by atoms with Crippen LogP contribution in [0.25, 0.3) is 10.8 Å². The Labute approximate surface area is 105 Å². The van der Waals surface area contributed by atoms with Crippen LogP contribution >= 0.6 is 0 Å². The van der Waals surface area contributed by atoms with E-state index in [0.717, 1.165) is 10.8 Å². The lowest BCUT2D eigenvalue weighted by atomic mass is 10.1. The Bertz CT molecular complexity index is 553. The van der Waals surface area contributed by atoms with Crippen molar-refractivity contribution in [1.29, 1.82) is 0 Å². The molecule has 94 valence electrons. The Morgan fingerprint density at radius 1 is 1.22 bits per heavy atom. The SMILES string of the molecule is NCCC(Oc1ccc2ccccc2c1)C(=O)O. The molecule has 2 rings (SSSR count). The van der Waals surface area contributed by atoms with Gasteiger partial charge in [0, 0.05) is 6.42 Å². The van der Waals surface area contributed by atoms with E-state index in [2.05, 4.69) is 0 Å². The van der Waals surface area contributed by atoms with Crippen LogP contribution in [0.15, 0.2) is 42.5 Å². The van der Waals surface area contributed by atoms with Crippen LogP contribution in [-0.4, -0.2) is 23.7 Å². The van der Waals surface area contributed by atoms with Crippen molar-refractivity contribution in [3.63, 3.8) is 0 Å². The molecule has 18 heavy (non-hydrogen) atoms. The molecule has 0 fully saturated rings. The third kappa shape index (κ3) is 2.78. The fourth-order valence-electron chi connectivity index (χ4n) is 1.79. The van der Waals surface area contributed by atoms with Gasteiger partial charge < -0.3 is 15.6 Å². The van der Waals surface area contributed by atoms with Gasteiger partial charge in [0.25, 0.3) is 0 Å². The van der Waals surface area contributed by atoms with Crippen molar-refractivity contribution in [2.75, 3.05) is 6.54 Å². The number of hydrogen-bond acceptors (Lipinski definition) is 3. The summed E-state index contributed by atoms with van der Waals surface area (Å²) in [6, 6.07) is 13.4. The van der Waals surface area contributed by atoms with Crippen molar-refractivity contribution in [3.05, 3.63) is 42.5 Å². The molecule has 1 unspecified atom stereocenters. The summed E-state index contributed by atoms with van der Waals surface area (Å²) < 4.78 is 5.44. The molecule has 0 bridgehead atoms. The van der Waals surface area contributed by atoms with E-state index in [1.165, 1.54) is 0 Å². The molecule has 0 saturated heterocycles. The largest absolute Gasteiger partial charge is 0.479 e. The molecule has 0 aliphatic rings. The number of carboxylic acids is 1. The third-order valence-electron chi connectivity index (χ3n) is 2.70. The quantitative estimate of drug-likeness (QED) is 0.845. The Balaban J connectivity index is 2.22. The van der Waals surface area contributed by atoms with Gasteiger partial charge >= 0.3 is 5.97 Å². The zero-order valence-corrected chi connectivity index (χ0v) is 9.87. The van der Waals surface area contributed by atoms with E-state index >= 15 is 0 Å². The molecule has 0 amide bonds. The summed E-state index contributed by atoms with van der Waals surface area (Å²) in [5.41, 5.74) is 5.37. The number of carboxylic acid groups (broad SMARTS) is 1. The molecule has 1 atom stereocenters. The normalized spacial score (nSPS) is 12.3. The number of nitrogens with two attached hydrogens (primary N) is 1. The lowest BCUT2D eigenvalue weighted by molar-refractivity contribution is -0.145. The summed E-state index contributed by atoms with van der Waals surface area (Å²) in [6.07, 6.45) is -0.599. The van der Waals surface area contributed by atoms with Gasteiger partial charge in [-0.2, -0.15) is 0 Å². The number of hydrogen-bond donors (Lipinski definition) is 2. The highest BCUT2D eigenvalue weighted by atomic mass is 16.5. The van der Waals surface area contributed by atoms with E-state index in [9.17, 15) is 4.79 Å². The lowest BCUT2D eigenvalue weighted by Gasteiger charge is -2.14. The zero-order valence-electron chi connectivity index (χ0n) is 9.87. The minimum atomic E-state index is -0.992. The van der Waals surface area contributed by atoms with Crippen LogP contribution in [0.1, 0.15) is 6.42 Å². The molecule has 0 heterocycles. The molecule has 0 saturated carbocycles. The van der Waals surface area contributed by atoms with Crippen molar-refractivity contribution in [1.82, 2.24) is 0 Å². The van der Waals surface area contributed by atoms with E-state index < -0.39 is 12.1 Å². The highest BCUT2D eigenvalue weighted by molar-refractivity contribution is 5.83. The van der Waals surface area contributed by atoms with Crippen molar-refractivity contribution in [2.24, 2.45) is 5.73 Å². The highest BCUT2D eigenvalue weighted by Crippen LogP contribution is 2.21. The maximum Gasteiger partial charge on any atom is 0.344 e. The van der Waals surface area contributed by atoms with Crippen molar-refractivity contribution >= 4 is 16.7 Å². The summed E-state index contributed by atoms with van der Waals surface area (Å²) in [5.74, 6) is -0.442. The van der Waals surface area contributed by atoms with Crippen LogP contribution in [-0.2, 0) is 4.79 Å². The highest BCUT2D eigenvalue weighted by Gasteiger charge is 2.18. The summed E-state index contributed by atoms with van der Waals surface area (Å²) in [7, 11) is 0. The van der Waals surface area contributed by atoms with E-state index in [1.54, 1.807) is 6.07 Å². The Kier molecular flexibility index (Phi) is 3.79. The van der Waals surface area contributed by atoms with Crippen LogP contribution in [0.5, 0.6) is 5.75 Å². The molecule has 2 aromatic rings. The minimum Gasteiger partial charge on any atom is -0.479 e. The fraction of sp³-hybridized carbons (Fsp3) is 0.214. The molecule has 2 aromatic carbocycles. The van der Waals surface area contributed by atoms with Crippen LogP contribution in [0.3, 0.4) is 0 Å². The number of aliphatic carboxylic acids is 1. The van der Waals surface area contributed by atoms with E-state index in [1.807, 2.05) is 36.4 Å². The average Bonchev–Trinajstić information content (AvgIpc) is 2.38. The van der Waals surface area contributed by atoms with Gasteiger partial charge in [0.15, 0.2) is 6.10 Å². The summed E-state index contributed by atoms with van der Waals surface area (Å²) >= 11 is 0. The molecular weight excluding hydrogens is 230 g/mol. The predicted molar refractivity (Wildman–Crippen MR) is 69.7 cm³/mol. The first kappa shape index (κ1) is 12.4. The monoisotopic (exact) mass is 245 g/mol. The van der Waals surface area contributed by atoms with E-state index in [0.29, 0.717) is 12.2 Å².